The largest absolute Gasteiger partial charge is 0.261 e. The first-order valence-electron chi connectivity index (χ1n) is 5.38. The molecule has 2 heteroatoms. The molecule has 2 aromatic rings. The fraction of sp³-hybridized carbons (Fsp3) is 0.214. The molecule has 0 bridgehead atoms. The maximum absolute atomic E-state index is 5.98. The fourth-order valence-electron chi connectivity index (χ4n) is 1.61. The normalized spacial score (nSPS) is 10.8. The van der Waals surface area contributed by atoms with E-state index in [9.17, 15) is 0 Å². The van der Waals surface area contributed by atoms with Crippen molar-refractivity contribution in [2.45, 2.75) is 19.8 Å². The quantitative estimate of drug-likeness (QED) is 0.740. The molecule has 0 aliphatic rings. The van der Waals surface area contributed by atoms with Gasteiger partial charge in [0.2, 0.25) is 0 Å². The van der Waals surface area contributed by atoms with Gasteiger partial charge in [-0.25, -0.2) is 0 Å². The van der Waals surface area contributed by atoms with Crippen molar-refractivity contribution >= 4 is 11.6 Å². The van der Waals surface area contributed by atoms with Crippen LogP contribution in [0.2, 0.25) is 5.02 Å². The van der Waals surface area contributed by atoms with E-state index in [4.69, 9.17) is 11.6 Å². The van der Waals surface area contributed by atoms with Gasteiger partial charge in [0.05, 0.1) is 0 Å². The van der Waals surface area contributed by atoms with Gasteiger partial charge in [0, 0.05) is 16.9 Å². The van der Waals surface area contributed by atoms with Gasteiger partial charge >= 0.3 is 0 Å². The smallest absolute Gasteiger partial charge is 0.0435 e. The first-order chi connectivity index (χ1) is 7.66. The lowest BCUT2D eigenvalue weighted by molar-refractivity contribution is 0.823. The number of hydrogen-bond donors (Lipinski definition) is 0. The summed E-state index contributed by atoms with van der Waals surface area (Å²) < 4.78 is 0. The highest BCUT2D eigenvalue weighted by Gasteiger charge is 2.03. The Morgan fingerprint density at radius 2 is 1.81 bits per heavy atom. The van der Waals surface area contributed by atoms with Crippen LogP contribution in [-0.4, -0.2) is 4.98 Å². The molecule has 1 aromatic heterocycles. The van der Waals surface area contributed by atoms with E-state index in [0.29, 0.717) is 5.92 Å². The van der Waals surface area contributed by atoms with Crippen molar-refractivity contribution < 1.29 is 0 Å². The van der Waals surface area contributed by atoms with Crippen LogP contribution in [0, 0.1) is 0 Å². The second kappa shape index (κ2) is 4.67. The minimum absolute atomic E-state index is 0.444. The average Bonchev–Trinajstić information content (AvgIpc) is 2.29. The Bertz CT molecular complexity index is 492. The van der Waals surface area contributed by atoms with Gasteiger partial charge in [-0.05, 0) is 41.3 Å². The highest BCUT2D eigenvalue weighted by Crippen LogP contribution is 2.24. The van der Waals surface area contributed by atoms with E-state index in [2.05, 4.69) is 31.0 Å². The average molecular weight is 232 g/mol. The summed E-state index contributed by atoms with van der Waals surface area (Å²) >= 11 is 5.98. The molecule has 16 heavy (non-hydrogen) atoms. The maximum atomic E-state index is 5.98. The highest BCUT2D eigenvalue weighted by atomic mass is 35.5. The summed E-state index contributed by atoms with van der Waals surface area (Å²) in [5.41, 5.74) is 3.41. The zero-order valence-corrected chi connectivity index (χ0v) is 10.2. The summed E-state index contributed by atoms with van der Waals surface area (Å²) in [6.45, 7) is 4.29. The second-order valence-corrected chi connectivity index (χ2v) is 4.57. The number of benzene rings is 1. The van der Waals surface area contributed by atoms with Crippen LogP contribution in [0.15, 0.2) is 42.6 Å². The maximum Gasteiger partial charge on any atom is 0.0435 e. The molecule has 1 aromatic carbocycles. The second-order valence-electron chi connectivity index (χ2n) is 4.13. The molecule has 0 fully saturated rings. The van der Waals surface area contributed by atoms with Crippen LogP contribution in [0.5, 0.6) is 0 Å². The summed E-state index contributed by atoms with van der Waals surface area (Å²) in [6, 6.07) is 12.0. The van der Waals surface area contributed by atoms with Crippen molar-refractivity contribution in [2.24, 2.45) is 0 Å². The first kappa shape index (κ1) is 11.2. The number of halogens is 1. The van der Waals surface area contributed by atoms with Crippen LogP contribution in [0.25, 0.3) is 11.1 Å². The zero-order valence-electron chi connectivity index (χ0n) is 9.44. The molecule has 1 nitrogen and oxygen atoms in total. The van der Waals surface area contributed by atoms with Gasteiger partial charge < -0.3 is 0 Å². The topological polar surface area (TPSA) is 12.9 Å². The Kier molecular flexibility index (Phi) is 3.25. The van der Waals surface area contributed by atoms with Crippen LogP contribution >= 0.6 is 11.6 Å². The Labute approximate surface area is 101 Å². The van der Waals surface area contributed by atoms with Crippen molar-refractivity contribution in [1.29, 1.82) is 0 Å². The van der Waals surface area contributed by atoms with Crippen molar-refractivity contribution in [3.8, 4) is 11.1 Å². The molecule has 0 spiro atoms. The third kappa shape index (κ3) is 2.42. The molecule has 0 atom stereocenters. The lowest BCUT2D eigenvalue weighted by Crippen LogP contribution is -1.92. The standard InChI is InChI=1S/C14H14ClN/c1-10(2)14-9-12(6-7-16-14)11-4-3-5-13(15)8-11/h3-10H,1-2H3. The number of aromatic nitrogens is 1. The Morgan fingerprint density at radius 3 is 2.50 bits per heavy atom. The predicted molar refractivity (Wildman–Crippen MR) is 68.8 cm³/mol. The SMILES string of the molecule is CC(C)c1cc(-c2cccc(Cl)c2)ccn1. The number of pyridine rings is 1. The van der Waals surface area contributed by atoms with Gasteiger partial charge in [0.25, 0.3) is 0 Å². The monoisotopic (exact) mass is 231 g/mol. The lowest BCUT2D eigenvalue weighted by Gasteiger charge is -2.07. The molecule has 0 saturated carbocycles. The molecule has 0 amide bonds. The van der Waals surface area contributed by atoms with Crippen LogP contribution in [-0.2, 0) is 0 Å². The van der Waals surface area contributed by atoms with Crippen molar-refractivity contribution in [3.05, 3.63) is 53.3 Å². The van der Waals surface area contributed by atoms with E-state index < -0.39 is 0 Å². The third-order valence-electron chi connectivity index (χ3n) is 2.53. The highest BCUT2D eigenvalue weighted by molar-refractivity contribution is 6.30. The minimum Gasteiger partial charge on any atom is -0.261 e. The molecule has 2 rings (SSSR count). The molecular weight excluding hydrogens is 218 g/mol. The molecule has 1 heterocycles. The Morgan fingerprint density at radius 1 is 1.06 bits per heavy atom. The van der Waals surface area contributed by atoms with Crippen LogP contribution < -0.4 is 0 Å². The summed E-state index contributed by atoms with van der Waals surface area (Å²) in [5.74, 6) is 0.444. The van der Waals surface area contributed by atoms with Gasteiger partial charge in [0.15, 0.2) is 0 Å². The lowest BCUT2D eigenvalue weighted by atomic mass is 10.0. The van der Waals surface area contributed by atoms with Crippen LogP contribution in [0.3, 0.4) is 0 Å². The van der Waals surface area contributed by atoms with E-state index >= 15 is 0 Å². The van der Waals surface area contributed by atoms with E-state index in [-0.39, 0.29) is 0 Å². The molecule has 0 saturated heterocycles. The van der Waals surface area contributed by atoms with E-state index in [1.165, 1.54) is 5.56 Å². The number of hydrogen-bond acceptors (Lipinski definition) is 1. The van der Waals surface area contributed by atoms with Gasteiger partial charge in [-0.15, -0.1) is 0 Å². The molecule has 0 N–H and O–H groups in total. The summed E-state index contributed by atoms with van der Waals surface area (Å²) in [6.07, 6.45) is 1.85. The third-order valence-corrected chi connectivity index (χ3v) is 2.77. The van der Waals surface area contributed by atoms with E-state index in [1.54, 1.807) is 0 Å². The van der Waals surface area contributed by atoms with Gasteiger partial charge in [-0.2, -0.15) is 0 Å². The molecular formula is C14H14ClN. The summed E-state index contributed by atoms with van der Waals surface area (Å²) in [5, 5.41) is 0.764. The van der Waals surface area contributed by atoms with Crippen molar-refractivity contribution in [1.82, 2.24) is 4.98 Å². The molecule has 0 aliphatic heterocycles. The van der Waals surface area contributed by atoms with Gasteiger partial charge in [-0.3, -0.25) is 4.98 Å². The van der Waals surface area contributed by atoms with Crippen molar-refractivity contribution in [3.63, 3.8) is 0 Å². The van der Waals surface area contributed by atoms with Gasteiger partial charge in [-0.1, -0.05) is 37.6 Å². The fourth-order valence-corrected chi connectivity index (χ4v) is 1.80. The zero-order chi connectivity index (χ0) is 11.5. The minimum atomic E-state index is 0.444. The predicted octanol–water partition coefficient (Wildman–Crippen LogP) is 4.53. The molecule has 0 radical (unpaired) electrons. The molecule has 0 unspecified atom stereocenters. The van der Waals surface area contributed by atoms with Gasteiger partial charge in [0.1, 0.15) is 0 Å². The van der Waals surface area contributed by atoms with Crippen LogP contribution in [0.4, 0.5) is 0 Å². The molecule has 82 valence electrons. The summed E-state index contributed by atoms with van der Waals surface area (Å²) in [7, 11) is 0. The Balaban J connectivity index is 2.44. The summed E-state index contributed by atoms with van der Waals surface area (Å²) in [4.78, 5) is 4.35. The van der Waals surface area contributed by atoms with Crippen LogP contribution in [0.1, 0.15) is 25.5 Å². The van der Waals surface area contributed by atoms with E-state index in [1.807, 2.05) is 30.5 Å². The number of rotatable bonds is 2. The first-order valence-corrected chi connectivity index (χ1v) is 5.76. The van der Waals surface area contributed by atoms with Crippen molar-refractivity contribution in [2.75, 3.05) is 0 Å². The van der Waals surface area contributed by atoms with E-state index in [0.717, 1.165) is 16.3 Å². The Hall–Kier alpha value is -1.34. The molecule has 0 aliphatic carbocycles. The number of nitrogens with zero attached hydrogens (tertiary/aromatic N) is 1.